The van der Waals surface area contributed by atoms with Crippen LogP contribution >= 0.6 is 0 Å². The molecule has 1 atom stereocenters. The highest BCUT2D eigenvalue weighted by atomic mass is 16.2. The molecule has 4 N–H and O–H groups in total. The Hall–Kier alpha value is -1.49. The third-order valence-electron chi connectivity index (χ3n) is 1.88. The average molecular weight is 166 g/mol. The number of fused-ring (bicyclic) bond motifs is 1. The van der Waals surface area contributed by atoms with Gasteiger partial charge in [-0.15, -0.1) is 0 Å². The van der Waals surface area contributed by atoms with E-state index in [4.69, 9.17) is 5.84 Å². The molecule has 0 aromatic carbocycles. The lowest BCUT2D eigenvalue weighted by molar-refractivity contribution is 0.208. The van der Waals surface area contributed by atoms with Crippen molar-refractivity contribution >= 4 is 6.03 Å². The van der Waals surface area contributed by atoms with Crippen molar-refractivity contribution in [2.24, 2.45) is 5.84 Å². The molecule has 2 amide bonds. The topological polar surface area (TPSA) is 70.4 Å². The summed E-state index contributed by atoms with van der Waals surface area (Å²) in [6, 6.07) is -0.292. The first-order valence-corrected chi connectivity index (χ1v) is 3.68. The molecule has 0 bridgehead atoms. The molecule has 2 aliphatic heterocycles. The summed E-state index contributed by atoms with van der Waals surface area (Å²) in [4.78, 5) is 11.0. The lowest BCUT2D eigenvalue weighted by atomic mass is 10.2. The van der Waals surface area contributed by atoms with Gasteiger partial charge in [0.25, 0.3) is 0 Å². The predicted octanol–water partition coefficient (Wildman–Crippen LogP) is -0.398. The molecule has 12 heavy (non-hydrogen) atoms. The fourth-order valence-corrected chi connectivity index (χ4v) is 1.33. The number of allylic oxidation sites excluding steroid dienone is 1. The van der Waals surface area contributed by atoms with Gasteiger partial charge in [-0.2, -0.15) is 0 Å². The molecule has 2 heterocycles. The Morgan fingerprint density at radius 3 is 3.08 bits per heavy atom. The van der Waals surface area contributed by atoms with E-state index in [9.17, 15) is 4.79 Å². The minimum atomic E-state index is -0.292. The van der Waals surface area contributed by atoms with Crippen LogP contribution in [0.25, 0.3) is 0 Å². The number of nitrogens with two attached hydrogens (primary N) is 1. The van der Waals surface area contributed by atoms with Crippen LogP contribution in [0.5, 0.6) is 0 Å². The number of urea groups is 1. The molecule has 0 saturated carbocycles. The van der Waals surface area contributed by atoms with Crippen LogP contribution in [0.2, 0.25) is 0 Å². The summed E-state index contributed by atoms with van der Waals surface area (Å²) in [5, 5.41) is 6.82. The van der Waals surface area contributed by atoms with E-state index in [2.05, 4.69) is 10.6 Å². The van der Waals surface area contributed by atoms with Crippen molar-refractivity contribution in [2.45, 2.75) is 13.1 Å². The fraction of sp³-hybridized carbons (Fsp3) is 0.286. The standard InChI is InChI=1S/C7H10N4O/c1-4-2-5-3-11(8)7(12)10-6(5)9-4/h2-3,6,9H,8H2,1H3,(H,10,12). The van der Waals surface area contributed by atoms with E-state index < -0.39 is 0 Å². The van der Waals surface area contributed by atoms with E-state index in [1.165, 1.54) is 0 Å². The Balaban J connectivity index is 2.29. The molecule has 2 aliphatic rings. The molecule has 5 heteroatoms. The number of hydrogen-bond acceptors (Lipinski definition) is 3. The molecule has 0 aliphatic carbocycles. The van der Waals surface area contributed by atoms with Crippen LogP contribution in [-0.2, 0) is 0 Å². The minimum Gasteiger partial charge on any atom is -0.365 e. The number of nitrogens with zero attached hydrogens (tertiary/aromatic N) is 1. The van der Waals surface area contributed by atoms with Crippen LogP contribution < -0.4 is 16.5 Å². The molecule has 1 unspecified atom stereocenters. The maximum Gasteiger partial charge on any atom is 0.337 e. The molecule has 0 aromatic heterocycles. The summed E-state index contributed by atoms with van der Waals surface area (Å²) in [5.74, 6) is 5.37. The van der Waals surface area contributed by atoms with Crippen LogP contribution in [0.3, 0.4) is 0 Å². The molecular weight excluding hydrogens is 156 g/mol. The molecule has 0 radical (unpaired) electrons. The zero-order valence-electron chi connectivity index (χ0n) is 6.66. The number of carbonyl (C=O) groups is 1. The third-order valence-corrected chi connectivity index (χ3v) is 1.88. The normalized spacial score (nSPS) is 27.0. The van der Waals surface area contributed by atoms with Crippen molar-refractivity contribution < 1.29 is 4.79 Å². The second-order valence-electron chi connectivity index (χ2n) is 2.89. The third kappa shape index (κ3) is 0.947. The van der Waals surface area contributed by atoms with Gasteiger partial charge >= 0.3 is 6.03 Å². The Bertz CT molecular complexity index is 294. The highest BCUT2D eigenvalue weighted by Crippen LogP contribution is 2.16. The Labute approximate surface area is 69.9 Å². The van der Waals surface area contributed by atoms with Gasteiger partial charge in [0.05, 0.1) is 0 Å². The highest BCUT2D eigenvalue weighted by Gasteiger charge is 2.27. The van der Waals surface area contributed by atoms with E-state index in [0.29, 0.717) is 0 Å². The van der Waals surface area contributed by atoms with E-state index in [1.54, 1.807) is 6.20 Å². The fourth-order valence-electron chi connectivity index (χ4n) is 1.33. The average Bonchev–Trinajstić information content (AvgIpc) is 2.30. The summed E-state index contributed by atoms with van der Waals surface area (Å²) < 4.78 is 0. The van der Waals surface area contributed by atoms with Crippen molar-refractivity contribution in [1.82, 2.24) is 15.6 Å². The van der Waals surface area contributed by atoms with E-state index in [1.807, 2.05) is 13.0 Å². The van der Waals surface area contributed by atoms with Crippen LogP contribution in [-0.4, -0.2) is 17.2 Å². The van der Waals surface area contributed by atoms with Crippen LogP contribution in [0, 0.1) is 0 Å². The van der Waals surface area contributed by atoms with E-state index in [-0.39, 0.29) is 12.2 Å². The van der Waals surface area contributed by atoms with Gasteiger partial charge in [0.1, 0.15) is 6.17 Å². The second-order valence-corrected chi connectivity index (χ2v) is 2.89. The van der Waals surface area contributed by atoms with Crippen molar-refractivity contribution in [3.8, 4) is 0 Å². The van der Waals surface area contributed by atoms with E-state index >= 15 is 0 Å². The number of rotatable bonds is 0. The predicted molar refractivity (Wildman–Crippen MR) is 43.3 cm³/mol. The van der Waals surface area contributed by atoms with Crippen LogP contribution in [0.4, 0.5) is 4.79 Å². The van der Waals surface area contributed by atoms with Crippen molar-refractivity contribution in [3.05, 3.63) is 23.5 Å². The van der Waals surface area contributed by atoms with Crippen molar-refractivity contribution in [2.75, 3.05) is 0 Å². The maximum absolute atomic E-state index is 11.0. The van der Waals surface area contributed by atoms with Crippen LogP contribution in [0.1, 0.15) is 6.92 Å². The summed E-state index contributed by atoms with van der Waals surface area (Å²) in [7, 11) is 0. The Morgan fingerprint density at radius 1 is 1.58 bits per heavy atom. The largest absolute Gasteiger partial charge is 0.365 e. The Kier molecular flexibility index (Phi) is 1.34. The molecular formula is C7H10N4O. The van der Waals surface area contributed by atoms with Gasteiger partial charge in [0.2, 0.25) is 0 Å². The molecule has 0 spiro atoms. The summed E-state index contributed by atoms with van der Waals surface area (Å²) in [6.07, 6.45) is 3.47. The number of carbonyl (C=O) groups excluding carboxylic acids is 1. The zero-order valence-corrected chi connectivity index (χ0v) is 6.66. The monoisotopic (exact) mass is 166 g/mol. The first kappa shape index (κ1) is 7.17. The first-order chi connectivity index (χ1) is 5.66. The van der Waals surface area contributed by atoms with Gasteiger partial charge in [-0.25, -0.2) is 15.6 Å². The first-order valence-electron chi connectivity index (χ1n) is 3.68. The minimum absolute atomic E-state index is 0.0997. The molecule has 0 aromatic rings. The summed E-state index contributed by atoms with van der Waals surface area (Å²) >= 11 is 0. The SMILES string of the molecule is CC1=CC2=CN(N)C(=O)NC2N1. The lowest BCUT2D eigenvalue weighted by Crippen LogP contribution is -2.53. The van der Waals surface area contributed by atoms with Crippen molar-refractivity contribution in [1.29, 1.82) is 0 Å². The van der Waals surface area contributed by atoms with Gasteiger partial charge in [-0.1, -0.05) is 0 Å². The number of amides is 2. The zero-order chi connectivity index (χ0) is 8.72. The van der Waals surface area contributed by atoms with Gasteiger partial charge in [-0.3, -0.25) is 0 Å². The highest BCUT2D eigenvalue weighted by molar-refractivity contribution is 5.77. The number of hydrazine groups is 1. The van der Waals surface area contributed by atoms with Crippen LogP contribution in [0.15, 0.2) is 23.5 Å². The summed E-state index contributed by atoms with van der Waals surface area (Å²) in [5.41, 5.74) is 2.01. The molecule has 64 valence electrons. The molecule has 0 fully saturated rings. The maximum atomic E-state index is 11.0. The van der Waals surface area contributed by atoms with Gasteiger partial charge < -0.3 is 10.6 Å². The van der Waals surface area contributed by atoms with Gasteiger partial charge in [0, 0.05) is 17.5 Å². The number of hydrogen-bond donors (Lipinski definition) is 3. The smallest absolute Gasteiger partial charge is 0.337 e. The second kappa shape index (κ2) is 2.25. The lowest BCUT2D eigenvalue weighted by Gasteiger charge is -2.25. The van der Waals surface area contributed by atoms with Crippen molar-refractivity contribution in [3.63, 3.8) is 0 Å². The molecule has 5 nitrogen and oxygen atoms in total. The number of nitrogens with one attached hydrogen (secondary N) is 2. The molecule has 2 rings (SSSR count). The quantitative estimate of drug-likeness (QED) is 0.339. The van der Waals surface area contributed by atoms with Gasteiger partial charge in [-0.05, 0) is 13.0 Å². The Morgan fingerprint density at radius 2 is 2.33 bits per heavy atom. The summed E-state index contributed by atoms with van der Waals surface area (Å²) in [6.45, 7) is 1.94. The van der Waals surface area contributed by atoms with E-state index in [0.717, 1.165) is 16.3 Å². The van der Waals surface area contributed by atoms with Gasteiger partial charge in [0.15, 0.2) is 0 Å². The molecule has 0 saturated heterocycles.